The van der Waals surface area contributed by atoms with Crippen LogP contribution in [0.3, 0.4) is 0 Å². The number of ether oxygens (including phenoxy) is 1. The maximum Gasteiger partial charge on any atom is 0.339 e. The van der Waals surface area contributed by atoms with E-state index in [4.69, 9.17) is 9.72 Å². The van der Waals surface area contributed by atoms with E-state index < -0.39 is 5.97 Å². The van der Waals surface area contributed by atoms with E-state index in [1.165, 1.54) is 4.90 Å². The number of para-hydroxylation sites is 1. The Morgan fingerprint density at radius 2 is 1.65 bits per heavy atom. The number of rotatable bonds is 5. The first-order chi connectivity index (χ1) is 15.0. The van der Waals surface area contributed by atoms with Gasteiger partial charge in [-0.3, -0.25) is 4.79 Å². The molecule has 2 aromatic carbocycles. The molecule has 4 aromatic rings. The van der Waals surface area contributed by atoms with Gasteiger partial charge in [0.2, 0.25) is 0 Å². The molecule has 0 bridgehead atoms. The van der Waals surface area contributed by atoms with Gasteiger partial charge in [-0.1, -0.05) is 48.5 Å². The number of likely N-dealkylation sites (N-methyl/N-ethyl adjacent to an activating group) is 1. The molecule has 7 heteroatoms. The fourth-order valence-corrected chi connectivity index (χ4v) is 3.29. The maximum atomic E-state index is 13.0. The molecule has 0 unspecified atom stereocenters. The zero-order valence-corrected chi connectivity index (χ0v) is 17.6. The van der Waals surface area contributed by atoms with E-state index in [-0.39, 0.29) is 12.5 Å². The van der Waals surface area contributed by atoms with Gasteiger partial charge >= 0.3 is 5.97 Å². The van der Waals surface area contributed by atoms with Crippen LogP contribution in [-0.2, 0) is 9.53 Å². The number of nitrogens with zero attached hydrogens (tertiary/aromatic N) is 4. The van der Waals surface area contributed by atoms with Gasteiger partial charge < -0.3 is 9.64 Å². The molecule has 0 radical (unpaired) electrons. The highest BCUT2D eigenvalue weighted by Crippen LogP contribution is 2.29. The van der Waals surface area contributed by atoms with Crippen molar-refractivity contribution < 1.29 is 14.3 Å². The predicted molar refractivity (Wildman–Crippen MR) is 118 cm³/mol. The smallest absolute Gasteiger partial charge is 0.339 e. The third-order valence-electron chi connectivity index (χ3n) is 4.93. The SMILES string of the molecule is Cc1nn(-c2ccccc2)c2nc(-c3ccccc3)cc(C(=O)OCC(=O)N(C)C)c12. The number of fused-ring (bicyclic) bond motifs is 1. The number of aryl methyl sites for hydroxylation is 1. The van der Waals surface area contributed by atoms with Gasteiger partial charge in [0, 0.05) is 19.7 Å². The van der Waals surface area contributed by atoms with Gasteiger partial charge in [-0.25, -0.2) is 14.5 Å². The molecule has 7 nitrogen and oxygen atoms in total. The zero-order chi connectivity index (χ0) is 22.0. The molecule has 0 aliphatic heterocycles. The summed E-state index contributed by atoms with van der Waals surface area (Å²) < 4.78 is 7.05. The third kappa shape index (κ3) is 4.02. The first-order valence-corrected chi connectivity index (χ1v) is 9.84. The number of pyridine rings is 1. The van der Waals surface area contributed by atoms with Crippen LogP contribution in [0.5, 0.6) is 0 Å². The molecule has 1 amide bonds. The van der Waals surface area contributed by atoms with Crippen LogP contribution >= 0.6 is 0 Å². The Balaban J connectivity index is 1.89. The van der Waals surface area contributed by atoms with Gasteiger partial charge in [-0.15, -0.1) is 0 Å². The lowest BCUT2D eigenvalue weighted by atomic mass is 10.1. The van der Waals surface area contributed by atoms with E-state index in [0.717, 1.165) is 11.3 Å². The van der Waals surface area contributed by atoms with Gasteiger partial charge in [0.25, 0.3) is 5.91 Å². The molecule has 31 heavy (non-hydrogen) atoms. The number of carbonyl (C=O) groups excluding carboxylic acids is 2. The van der Waals surface area contributed by atoms with Crippen LogP contribution in [0.1, 0.15) is 16.1 Å². The molecule has 0 spiro atoms. The average molecular weight is 414 g/mol. The predicted octanol–water partition coefficient (Wildman–Crippen LogP) is 3.64. The Labute approximate surface area is 179 Å². The fourth-order valence-electron chi connectivity index (χ4n) is 3.29. The summed E-state index contributed by atoms with van der Waals surface area (Å²) in [6, 6.07) is 20.9. The first kappa shape index (κ1) is 20.3. The summed E-state index contributed by atoms with van der Waals surface area (Å²) >= 11 is 0. The van der Waals surface area contributed by atoms with E-state index in [9.17, 15) is 9.59 Å². The normalized spacial score (nSPS) is 10.8. The minimum atomic E-state index is -0.588. The summed E-state index contributed by atoms with van der Waals surface area (Å²) in [6.07, 6.45) is 0. The number of hydrogen-bond acceptors (Lipinski definition) is 5. The fraction of sp³-hybridized carbons (Fsp3) is 0.167. The monoisotopic (exact) mass is 414 g/mol. The van der Waals surface area contributed by atoms with Crippen LogP contribution in [0.25, 0.3) is 28.0 Å². The van der Waals surface area contributed by atoms with Crippen molar-refractivity contribution in [1.82, 2.24) is 19.7 Å². The van der Waals surface area contributed by atoms with E-state index in [1.807, 2.05) is 67.6 Å². The highest BCUT2D eigenvalue weighted by Gasteiger charge is 2.22. The number of hydrogen-bond donors (Lipinski definition) is 0. The molecule has 0 saturated heterocycles. The molecule has 0 N–H and O–H groups in total. The second-order valence-corrected chi connectivity index (χ2v) is 7.32. The van der Waals surface area contributed by atoms with E-state index in [1.54, 1.807) is 24.8 Å². The van der Waals surface area contributed by atoms with Crippen molar-refractivity contribution in [2.75, 3.05) is 20.7 Å². The highest BCUT2D eigenvalue weighted by atomic mass is 16.5. The van der Waals surface area contributed by atoms with Gasteiger partial charge in [0.15, 0.2) is 12.3 Å². The molecule has 2 heterocycles. The molecule has 0 aliphatic rings. The van der Waals surface area contributed by atoms with Crippen molar-refractivity contribution in [3.63, 3.8) is 0 Å². The van der Waals surface area contributed by atoms with E-state index in [2.05, 4.69) is 5.10 Å². The van der Waals surface area contributed by atoms with E-state index >= 15 is 0 Å². The van der Waals surface area contributed by atoms with Crippen molar-refractivity contribution in [3.05, 3.63) is 78.0 Å². The maximum absolute atomic E-state index is 13.0. The van der Waals surface area contributed by atoms with Crippen molar-refractivity contribution in [2.24, 2.45) is 0 Å². The molecule has 2 aromatic heterocycles. The first-order valence-electron chi connectivity index (χ1n) is 9.84. The lowest BCUT2D eigenvalue weighted by Crippen LogP contribution is -2.27. The Morgan fingerprint density at radius 1 is 1.00 bits per heavy atom. The standard InChI is InChI=1S/C24H22N4O3/c1-16-22-19(24(30)31-15-21(29)27(2)3)14-20(17-10-6-4-7-11-17)25-23(22)28(26-16)18-12-8-5-9-13-18/h4-14H,15H2,1-3H3. The van der Waals surface area contributed by atoms with Gasteiger partial charge in [-0.2, -0.15) is 5.10 Å². The van der Waals surface area contributed by atoms with Crippen LogP contribution in [0.2, 0.25) is 0 Å². The summed E-state index contributed by atoms with van der Waals surface area (Å²) in [4.78, 5) is 31.1. The van der Waals surface area contributed by atoms with Gasteiger partial charge in [0.05, 0.1) is 28.0 Å². The second-order valence-electron chi connectivity index (χ2n) is 7.32. The largest absolute Gasteiger partial charge is 0.452 e. The molecule has 0 saturated carbocycles. The highest BCUT2D eigenvalue weighted by molar-refractivity contribution is 6.05. The molecule has 0 atom stereocenters. The van der Waals surface area contributed by atoms with Crippen LogP contribution in [0.4, 0.5) is 0 Å². The minimum absolute atomic E-state index is 0.293. The third-order valence-corrected chi connectivity index (χ3v) is 4.93. The Kier molecular flexibility index (Phi) is 5.49. The molecule has 4 rings (SSSR count). The number of esters is 1. The molecule has 0 fully saturated rings. The van der Waals surface area contributed by atoms with Crippen molar-refractivity contribution in [3.8, 4) is 16.9 Å². The lowest BCUT2D eigenvalue weighted by molar-refractivity contribution is -0.131. The van der Waals surface area contributed by atoms with Crippen molar-refractivity contribution >= 4 is 22.9 Å². The molecular weight excluding hydrogens is 392 g/mol. The second kappa shape index (κ2) is 8.39. The Bertz CT molecular complexity index is 1250. The lowest BCUT2D eigenvalue weighted by Gasteiger charge is -2.12. The van der Waals surface area contributed by atoms with Crippen molar-refractivity contribution in [2.45, 2.75) is 6.92 Å². The Hall–Kier alpha value is -4.00. The summed E-state index contributed by atoms with van der Waals surface area (Å²) in [7, 11) is 3.23. The molecule has 156 valence electrons. The van der Waals surface area contributed by atoms with Gasteiger partial charge in [0.1, 0.15) is 0 Å². The van der Waals surface area contributed by atoms with Crippen LogP contribution < -0.4 is 0 Å². The average Bonchev–Trinajstić information content (AvgIpc) is 3.14. The quantitative estimate of drug-likeness (QED) is 0.466. The van der Waals surface area contributed by atoms with Crippen LogP contribution in [-0.4, -0.2) is 52.2 Å². The number of benzene rings is 2. The number of aromatic nitrogens is 3. The molecular formula is C24H22N4O3. The topological polar surface area (TPSA) is 77.3 Å². The van der Waals surface area contributed by atoms with Crippen molar-refractivity contribution in [1.29, 1.82) is 0 Å². The Morgan fingerprint density at radius 3 is 2.29 bits per heavy atom. The van der Waals surface area contributed by atoms with Crippen LogP contribution in [0, 0.1) is 6.92 Å². The number of carbonyl (C=O) groups is 2. The van der Waals surface area contributed by atoms with E-state index in [0.29, 0.717) is 28.0 Å². The van der Waals surface area contributed by atoms with Gasteiger partial charge in [-0.05, 0) is 25.1 Å². The summed E-state index contributed by atoms with van der Waals surface area (Å²) in [5, 5.41) is 5.24. The summed E-state index contributed by atoms with van der Waals surface area (Å²) in [5.74, 6) is -0.880. The van der Waals surface area contributed by atoms with Crippen LogP contribution in [0.15, 0.2) is 66.7 Å². The minimum Gasteiger partial charge on any atom is -0.452 e. The molecule has 0 aliphatic carbocycles. The summed E-state index contributed by atoms with van der Waals surface area (Å²) in [5.41, 5.74) is 3.85. The number of amides is 1. The summed E-state index contributed by atoms with van der Waals surface area (Å²) in [6.45, 7) is 1.50. The zero-order valence-electron chi connectivity index (χ0n) is 17.6.